The summed E-state index contributed by atoms with van der Waals surface area (Å²) in [5.41, 5.74) is 0. The average molecular weight is 257 g/mol. The molecule has 104 valence electrons. The molecule has 6 nitrogen and oxygen atoms in total. The highest BCUT2D eigenvalue weighted by molar-refractivity contribution is 5.78. The number of piperidine rings is 1. The summed E-state index contributed by atoms with van der Waals surface area (Å²) in [4.78, 5) is 24.3. The maximum Gasteiger partial charge on any atom is 0.234 e. The van der Waals surface area contributed by atoms with Crippen LogP contribution in [0, 0.1) is 5.92 Å². The molecule has 2 unspecified atom stereocenters. The topological polar surface area (TPSA) is 81.7 Å². The Balaban J connectivity index is 2.14. The molecule has 3 N–H and O–H groups in total. The maximum absolute atomic E-state index is 11.6. The van der Waals surface area contributed by atoms with Crippen molar-refractivity contribution in [1.29, 1.82) is 0 Å². The molecular formula is C12H23N3O3. The van der Waals surface area contributed by atoms with E-state index in [9.17, 15) is 14.7 Å². The van der Waals surface area contributed by atoms with Crippen LogP contribution < -0.4 is 10.6 Å². The molecule has 0 bridgehead atoms. The number of nitrogens with one attached hydrogen (secondary N) is 2. The van der Waals surface area contributed by atoms with E-state index in [1.165, 1.54) is 6.92 Å². The quantitative estimate of drug-likeness (QED) is 0.548. The van der Waals surface area contributed by atoms with E-state index in [2.05, 4.69) is 10.6 Å². The third-order valence-corrected chi connectivity index (χ3v) is 3.13. The van der Waals surface area contributed by atoms with Crippen molar-refractivity contribution in [2.75, 3.05) is 32.7 Å². The number of hydrogen-bond donors (Lipinski definition) is 3. The molecule has 0 aromatic heterocycles. The number of carbonyl (C=O) groups excluding carboxylic acids is 2. The molecule has 0 spiro atoms. The minimum atomic E-state index is -0.246. The lowest BCUT2D eigenvalue weighted by atomic mass is 9.97. The maximum atomic E-state index is 11.6. The lowest BCUT2D eigenvalue weighted by molar-refractivity contribution is -0.123. The van der Waals surface area contributed by atoms with E-state index in [0.717, 1.165) is 19.5 Å². The van der Waals surface area contributed by atoms with Gasteiger partial charge in [-0.15, -0.1) is 0 Å². The van der Waals surface area contributed by atoms with Gasteiger partial charge in [0.25, 0.3) is 0 Å². The van der Waals surface area contributed by atoms with Crippen LogP contribution in [-0.4, -0.2) is 60.6 Å². The molecule has 0 aromatic rings. The molecule has 1 aliphatic heterocycles. The molecular weight excluding hydrogens is 234 g/mol. The highest BCUT2D eigenvalue weighted by Gasteiger charge is 2.24. The zero-order valence-corrected chi connectivity index (χ0v) is 11.1. The van der Waals surface area contributed by atoms with E-state index in [1.54, 1.807) is 0 Å². The number of rotatable bonds is 5. The summed E-state index contributed by atoms with van der Waals surface area (Å²) in [6, 6.07) is 0. The Hall–Kier alpha value is -1.14. The van der Waals surface area contributed by atoms with Crippen LogP contribution >= 0.6 is 0 Å². The molecule has 1 fully saturated rings. The molecule has 1 saturated heterocycles. The van der Waals surface area contributed by atoms with E-state index < -0.39 is 0 Å². The Morgan fingerprint density at radius 1 is 1.33 bits per heavy atom. The third-order valence-electron chi connectivity index (χ3n) is 3.13. The number of amides is 2. The van der Waals surface area contributed by atoms with Gasteiger partial charge in [-0.2, -0.15) is 0 Å². The second kappa shape index (κ2) is 7.33. The van der Waals surface area contributed by atoms with Crippen molar-refractivity contribution in [3.05, 3.63) is 0 Å². The molecule has 0 aromatic carbocycles. The van der Waals surface area contributed by atoms with Gasteiger partial charge >= 0.3 is 0 Å². The van der Waals surface area contributed by atoms with Gasteiger partial charge in [0.2, 0.25) is 11.8 Å². The number of aliphatic hydroxyl groups excluding tert-OH is 1. The van der Waals surface area contributed by atoms with E-state index in [-0.39, 0.29) is 23.8 Å². The van der Waals surface area contributed by atoms with Crippen molar-refractivity contribution >= 4 is 11.8 Å². The summed E-state index contributed by atoms with van der Waals surface area (Å²) < 4.78 is 0. The summed E-state index contributed by atoms with van der Waals surface area (Å²) in [6.45, 7) is 6.20. The first kappa shape index (κ1) is 14.9. The average Bonchev–Trinajstić information content (AvgIpc) is 2.29. The lowest BCUT2D eigenvalue weighted by Crippen LogP contribution is -2.47. The normalized spacial score (nSPS) is 24.6. The van der Waals surface area contributed by atoms with Gasteiger partial charge < -0.3 is 15.7 Å². The minimum Gasteiger partial charge on any atom is -0.393 e. The van der Waals surface area contributed by atoms with Crippen LogP contribution in [0.5, 0.6) is 0 Å². The largest absolute Gasteiger partial charge is 0.393 e. The van der Waals surface area contributed by atoms with Crippen molar-refractivity contribution in [1.82, 2.24) is 15.5 Å². The molecule has 1 aliphatic rings. The Morgan fingerprint density at radius 3 is 2.61 bits per heavy atom. The fourth-order valence-electron chi connectivity index (χ4n) is 2.06. The van der Waals surface area contributed by atoms with Gasteiger partial charge in [-0.1, -0.05) is 6.92 Å². The zero-order valence-electron chi connectivity index (χ0n) is 11.1. The molecule has 2 atom stereocenters. The Labute approximate surface area is 108 Å². The second-order valence-corrected chi connectivity index (χ2v) is 4.90. The SMILES string of the molecule is CC(=O)NCCNC(=O)CN1CCC(O)C(C)C1. The fraction of sp³-hybridized carbons (Fsp3) is 0.833. The van der Waals surface area contributed by atoms with Gasteiger partial charge in [0.15, 0.2) is 0 Å². The monoisotopic (exact) mass is 257 g/mol. The predicted octanol–water partition coefficient (Wildman–Crippen LogP) is -1.06. The van der Waals surface area contributed by atoms with Crippen molar-refractivity contribution in [3.63, 3.8) is 0 Å². The van der Waals surface area contributed by atoms with Crippen molar-refractivity contribution < 1.29 is 14.7 Å². The predicted molar refractivity (Wildman–Crippen MR) is 67.9 cm³/mol. The van der Waals surface area contributed by atoms with Crippen LogP contribution in [0.2, 0.25) is 0 Å². The van der Waals surface area contributed by atoms with E-state index in [1.807, 2.05) is 11.8 Å². The smallest absolute Gasteiger partial charge is 0.234 e. The first-order valence-corrected chi connectivity index (χ1v) is 6.40. The van der Waals surface area contributed by atoms with Gasteiger partial charge in [0, 0.05) is 33.1 Å². The molecule has 18 heavy (non-hydrogen) atoms. The molecule has 0 radical (unpaired) electrons. The van der Waals surface area contributed by atoms with Crippen LogP contribution in [0.15, 0.2) is 0 Å². The van der Waals surface area contributed by atoms with Crippen molar-refractivity contribution in [2.24, 2.45) is 5.92 Å². The number of nitrogens with zero attached hydrogens (tertiary/aromatic N) is 1. The molecule has 1 rings (SSSR count). The highest BCUT2D eigenvalue weighted by Crippen LogP contribution is 2.15. The number of carbonyl (C=O) groups is 2. The van der Waals surface area contributed by atoms with Gasteiger partial charge in [0.1, 0.15) is 0 Å². The highest BCUT2D eigenvalue weighted by atomic mass is 16.3. The standard InChI is InChI=1S/C12H23N3O3/c1-9-7-15(6-3-11(9)17)8-12(18)14-5-4-13-10(2)16/h9,11,17H,3-8H2,1-2H3,(H,13,16)(H,14,18). The van der Waals surface area contributed by atoms with Gasteiger partial charge in [-0.25, -0.2) is 0 Å². The van der Waals surface area contributed by atoms with E-state index in [4.69, 9.17) is 0 Å². The summed E-state index contributed by atoms with van der Waals surface area (Å²) in [5, 5.41) is 15.0. The summed E-state index contributed by atoms with van der Waals surface area (Å²) in [6.07, 6.45) is 0.476. The van der Waals surface area contributed by atoms with Gasteiger partial charge in [-0.05, 0) is 12.3 Å². The molecule has 2 amide bonds. The third kappa shape index (κ3) is 5.46. The van der Waals surface area contributed by atoms with E-state index in [0.29, 0.717) is 19.6 Å². The fourth-order valence-corrected chi connectivity index (χ4v) is 2.06. The number of aliphatic hydroxyl groups is 1. The summed E-state index contributed by atoms with van der Waals surface area (Å²) in [7, 11) is 0. The molecule has 0 aliphatic carbocycles. The van der Waals surface area contributed by atoms with E-state index >= 15 is 0 Å². The summed E-state index contributed by atoms with van der Waals surface area (Å²) in [5.74, 6) is 0.0814. The zero-order chi connectivity index (χ0) is 13.5. The number of likely N-dealkylation sites (tertiary alicyclic amines) is 1. The van der Waals surface area contributed by atoms with Gasteiger partial charge in [0.05, 0.1) is 12.6 Å². The van der Waals surface area contributed by atoms with Crippen LogP contribution in [0.25, 0.3) is 0 Å². The summed E-state index contributed by atoms with van der Waals surface area (Å²) >= 11 is 0. The molecule has 1 heterocycles. The Bertz CT molecular complexity index is 296. The Morgan fingerprint density at radius 2 is 2.00 bits per heavy atom. The van der Waals surface area contributed by atoms with Crippen molar-refractivity contribution in [3.8, 4) is 0 Å². The first-order chi connectivity index (χ1) is 8.49. The molecule has 6 heteroatoms. The van der Waals surface area contributed by atoms with Crippen LogP contribution in [-0.2, 0) is 9.59 Å². The lowest BCUT2D eigenvalue weighted by Gasteiger charge is -2.33. The van der Waals surface area contributed by atoms with Crippen LogP contribution in [0.1, 0.15) is 20.3 Å². The van der Waals surface area contributed by atoms with Crippen LogP contribution in [0.3, 0.4) is 0 Å². The minimum absolute atomic E-state index is 0.0380. The Kier molecular flexibility index (Phi) is 6.07. The van der Waals surface area contributed by atoms with Crippen molar-refractivity contribution in [2.45, 2.75) is 26.4 Å². The van der Waals surface area contributed by atoms with Crippen LogP contribution in [0.4, 0.5) is 0 Å². The first-order valence-electron chi connectivity index (χ1n) is 6.40. The van der Waals surface area contributed by atoms with Gasteiger partial charge in [-0.3, -0.25) is 14.5 Å². The molecule has 0 saturated carbocycles. The number of hydrogen-bond acceptors (Lipinski definition) is 4. The second-order valence-electron chi connectivity index (χ2n) is 4.90.